The fourth-order valence-electron chi connectivity index (χ4n) is 1.63. The molecule has 15 heavy (non-hydrogen) atoms. The quantitative estimate of drug-likeness (QED) is 0.496. The van der Waals surface area contributed by atoms with E-state index in [4.69, 9.17) is 5.11 Å². The lowest BCUT2D eigenvalue weighted by Gasteiger charge is -2.35. The van der Waals surface area contributed by atoms with Crippen LogP contribution in [0.2, 0.25) is 0 Å². The van der Waals surface area contributed by atoms with E-state index in [1.54, 1.807) is 0 Å². The van der Waals surface area contributed by atoms with Crippen molar-refractivity contribution in [3.8, 4) is 0 Å². The maximum atomic E-state index is 11.6. The molecular formula is C9H13NO5. The van der Waals surface area contributed by atoms with Crippen molar-refractivity contribution in [3.63, 3.8) is 0 Å². The smallest absolute Gasteiger partial charge is 0.407 e. The Bertz CT molecular complexity index is 304. The first kappa shape index (κ1) is 11.5. The number of nitrogens with zero attached hydrogens (tertiary/aromatic N) is 1. The minimum Gasteiger partial charge on any atom is -0.468 e. The fourth-order valence-corrected chi connectivity index (χ4v) is 1.63. The number of carbonyl (C=O) groups is 3. The minimum atomic E-state index is -1.36. The number of piperidine rings is 1. The molecule has 0 saturated carbocycles. The van der Waals surface area contributed by atoms with Gasteiger partial charge >= 0.3 is 12.1 Å². The third-order valence-electron chi connectivity index (χ3n) is 2.64. The van der Waals surface area contributed by atoms with Gasteiger partial charge in [0.25, 0.3) is 0 Å². The summed E-state index contributed by atoms with van der Waals surface area (Å²) in [6.45, 7) is 1.42. The van der Waals surface area contributed by atoms with Crippen molar-refractivity contribution in [2.75, 3.05) is 20.2 Å². The largest absolute Gasteiger partial charge is 0.468 e. The van der Waals surface area contributed by atoms with Gasteiger partial charge in [0.1, 0.15) is 5.41 Å². The van der Waals surface area contributed by atoms with Crippen LogP contribution in [0.4, 0.5) is 4.79 Å². The van der Waals surface area contributed by atoms with Crippen molar-refractivity contribution >= 4 is 17.8 Å². The summed E-state index contributed by atoms with van der Waals surface area (Å²) in [4.78, 5) is 34.7. The van der Waals surface area contributed by atoms with Crippen LogP contribution >= 0.6 is 0 Å². The van der Waals surface area contributed by atoms with Crippen LogP contribution in [0.1, 0.15) is 13.3 Å². The first-order chi connectivity index (χ1) is 6.91. The van der Waals surface area contributed by atoms with Gasteiger partial charge in [0.2, 0.25) is 0 Å². The number of hydrogen-bond acceptors (Lipinski definition) is 4. The Labute approximate surface area is 86.8 Å². The van der Waals surface area contributed by atoms with Crippen molar-refractivity contribution in [1.29, 1.82) is 0 Å². The van der Waals surface area contributed by atoms with Gasteiger partial charge in [-0.15, -0.1) is 0 Å². The number of ether oxygens (including phenoxy) is 1. The zero-order chi connectivity index (χ0) is 11.6. The molecule has 1 saturated heterocycles. The van der Waals surface area contributed by atoms with E-state index in [0.29, 0.717) is 0 Å². The van der Waals surface area contributed by atoms with Gasteiger partial charge in [0.05, 0.1) is 7.11 Å². The summed E-state index contributed by atoms with van der Waals surface area (Å²) in [5, 5.41) is 8.77. The molecule has 0 aliphatic carbocycles. The molecule has 0 radical (unpaired) electrons. The number of amides is 1. The number of rotatable bonds is 1. The Kier molecular flexibility index (Phi) is 2.97. The van der Waals surface area contributed by atoms with Crippen molar-refractivity contribution in [2.45, 2.75) is 13.3 Å². The third-order valence-corrected chi connectivity index (χ3v) is 2.64. The maximum absolute atomic E-state index is 11.6. The molecule has 0 aromatic rings. The van der Waals surface area contributed by atoms with Crippen molar-refractivity contribution in [1.82, 2.24) is 4.90 Å². The second-order valence-corrected chi connectivity index (χ2v) is 3.70. The molecule has 6 nitrogen and oxygen atoms in total. The van der Waals surface area contributed by atoms with Gasteiger partial charge in [-0.25, -0.2) is 4.79 Å². The van der Waals surface area contributed by atoms with E-state index in [1.165, 1.54) is 14.0 Å². The highest BCUT2D eigenvalue weighted by molar-refractivity contribution is 6.04. The molecular weight excluding hydrogens is 202 g/mol. The lowest BCUT2D eigenvalue weighted by Crippen LogP contribution is -2.53. The fraction of sp³-hybridized carbons (Fsp3) is 0.667. The predicted molar refractivity (Wildman–Crippen MR) is 49.3 cm³/mol. The number of hydrogen-bond donors (Lipinski definition) is 1. The Balaban J connectivity index is 2.90. The normalized spacial score (nSPS) is 26.3. The lowest BCUT2D eigenvalue weighted by molar-refractivity contribution is -0.159. The van der Waals surface area contributed by atoms with E-state index in [-0.39, 0.29) is 25.3 Å². The molecule has 1 fully saturated rings. The summed E-state index contributed by atoms with van der Waals surface area (Å²) in [6, 6.07) is 0. The molecule has 1 N–H and O–H groups in total. The highest BCUT2D eigenvalue weighted by Crippen LogP contribution is 2.27. The summed E-state index contributed by atoms with van der Waals surface area (Å²) < 4.78 is 4.51. The molecule has 1 rings (SSSR count). The van der Waals surface area contributed by atoms with E-state index in [1.807, 2.05) is 0 Å². The summed E-state index contributed by atoms with van der Waals surface area (Å²) in [7, 11) is 1.18. The Hall–Kier alpha value is -1.59. The SMILES string of the molecule is COC(=O)C1(C)CN(C(=O)O)CCC1=O. The van der Waals surface area contributed by atoms with Crippen LogP contribution in [-0.2, 0) is 14.3 Å². The molecule has 0 aromatic carbocycles. The van der Waals surface area contributed by atoms with Crippen LogP contribution in [0, 0.1) is 5.41 Å². The molecule has 1 heterocycles. The molecule has 0 spiro atoms. The summed E-state index contributed by atoms with van der Waals surface area (Å²) in [6.07, 6.45) is -1.07. The monoisotopic (exact) mass is 215 g/mol. The molecule has 6 heteroatoms. The highest BCUT2D eigenvalue weighted by Gasteiger charge is 2.47. The van der Waals surface area contributed by atoms with E-state index in [9.17, 15) is 14.4 Å². The average Bonchev–Trinajstić information content (AvgIpc) is 2.20. The van der Waals surface area contributed by atoms with E-state index < -0.39 is 17.5 Å². The van der Waals surface area contributed by atoms with Crippen LogP contribution in [0.5, 0.6) is 0 Å². The van der Waals surface area contributed by atoms with Gasteiger partial charge in [0, 0.05) is 19.5 Å². The number of likely N-dealkylation sites (tertiary alicyclic amines) is 1. The molecule has 84 valence electrons. The first-order valence-electron chi connectivity index (χ1n) is 4.51. The van der Waals surface area contributed by atoms with E-state index in [2.05, 4.69) is 4.74 Å². The standard InChI is InChI=1S/C9H13NO5/c1-9(7(12)15-2)5-10(8(13)14)4-3-6(9)11/h3-5H2,1-2H3,(H,13,14). The van der Waals surface area contributed by atoms with Crippen LogP contribution in [0.3, 0.4) is 0 Å². The topological polar surface area (TPSA) is 83.9 Å². The zero-order valence-corrected chi connectivity index (χ0v) is 8.65. The Morgan fingerprint density at radius 3 is 2.60 bits per heavy atom. The molecule has 0 aromatic heterocycles. The highest BCUT2D eigenvalue weighted by atomic mass is 16.5. The number of carbonyl (C=O) groups excluding carboxylic acids is 2. The Morgan fingerprint density at radius 2 is 2.13 bits per heavy atom. The molecule has 1 aliphatic rings. The lowest BCUT2D eigenvalue weighted by atomic mass is 9.81. The second-order valence-electron chi connectivity index (χ2n) is 3.70. The summed E-state index contributed by atoms with van der Waals surface area (Å²) in [5.41, 5.74) is -1.36. The average molecular weight is 215 g/mol. The number of carboxylic acid groups (broad SMARTS) is 1. The molecule has 1 unspecified atom stereocenters. The van der Waals surface area contributed by atoms with Gasteiger partial charge in [-0.3, -0.25) is 9.59 Å². The number of Topliss-reactive ketones (excluding diaryl/α,β-unsaturated/α-hetero) is 1. The van der Waals surface area contributed by atoms with Gasteiger partial charge in [-0.1, -0.05) is 0 Å². The summed E-state index contributed by atoms with van der Waals surface area (Å²) in [5.74, 6) is -0.953. The molecule has 0 bridgehead atoms. The second kappa shape index (κ2) is 3.88. The Morgan fingerprint density at radius 1 is 1.53 bits per heavy atom. The van der Waals surface area contributed by atoms with E-state index >= 15 is 0 Å². The number of methoxy groups -OCH3 is 1. The van der Waals surface area contributed by atoms with Crippen molar-refractivity contribution < 1.29 is 24.2 Å². The van der Waals surface area contributed by atoms with Crippen molar-refractivity contribution in [3.05, 3.63) is 0 Å². The molecule has 1 aliphatic heterocycles. The van der Waals surface area contributed by atoms with Gasteiger partial charge in [-0.05, 0) is 6.92 Å². The minimum absolute atomic E-state index is 0.0535. The number of esters is 1. The van der Waals surface area contributed by atoms with Gasteiger partial charge in [-0.2, -0.15) is 0 Å². The molecule has 1 atom stereocenters. The van der Waals surface area contributed by atoms with Gasteiger partial charge in [0.15, 0.2) is 5.78 Å². The first-order valence-corrected chi connectivity index (χ1v) is 4.51. The van der Waals surface area contributed by atoms with Gasteiger partial charge < -0.3 is 14.7 Å². The maximum Gasteiger partial charge on any atom is 0.407 e. The molecule has 1 amide bonds. The van der Waals surface area contributed by atoms with Crippen LogP contribution < -0.4 is 0 Å². The van der Waals surface area contributed by atoms with Crippen LogP contribution in [0.25, 0.3) is 0 Å². The summed E-state index contributed by atoms with van der Waals surface area (Å²) >= 11 is 0. The van der Waals surface area contributed by atoms with Crippen LogP contribution in [-0.4, -0.2) is 48.1 Å². The van der Waals surface area contributed by atoms with Crippen molar-refractivity contribution in [2.24, 2.45) is 5.41 Å². The zero-order valence-electron chi connectivity index (χ0n) is 8.65. The number of ketones is 1. The van der Waals surface area contributed by atoms with Crippen LogP contribution in [0.15, 0.2) is 0 Å². The predicted octanol–water partition coefficient (Wildman–Crippen LogP) is 0.118. The third kappa shape index (κ3) is 1.93. The van der Waals surface area contributed by atoms with E-state index in [0.717, 1.165) is 4.90 Å².